The number of nitrogens with zero attached hydrogens (tertiary/aromatic N) is 1. The summed E-state index contributed by atoms with van der Waals surface area (Å²) >= 11 is 0. The Morgan fingerprint density at radius 1 is 1.30 bits per heavy atom. The maximum Gasteiger partial charge on any atom is 0.335 e. The van der Waals surface area contributed by atoms with E-state index in [1.807, 2.05) is 6.07 Å². The highest BCUT2D eigenvalue weighted by Gasteiger charge is 2.11. The molecule has 0 radical (unpaired) electrons. The van der Waals surface area contributed by atoms with Crippen LogP contribution in [0.4, 0.5) is 0 Å². The van der Waals surface area contributed by atoms with Gasteiger partial charge in [-0.05, 0) is 37.0 Å². The Bertz CT molecular complexity index is 601. The molecule has 0 amide bonds. The summed E-state index contributed by atoms with van der Waals surface area (Å²) in [4.78, 5) is 11.1. The zero-order valence-electron chi connectivity index (χ0n) is 11.8. The van der Waals surface area contributed by atoms with Gasteiger partial charge < -0.3 is 14.8 Å². The van der Waals surface area contributed by atoms with Crippen molar-refractivity contribution in [1.82, 2.24) is 4.57 Å². The maximum atomic E-state index is 11.1. The molecule has 0 saturated carbocycles. The van der Waals surface area contributed by atoms with E-state index in [9.17, 15) is 4.79 Å². The standard InChI is InChI=1S/C16H21NO3/c1-2-3-8-17-11-13(5-4-9-18)14-7-6-12(16(19)20)10-15(14)17/h6-7,10-11,18H,2-5,8-9H2,1H3,(H,19,20). The van der Waals surface area contributed by atoms with Crippen LogP contribution in [-0.4, -0.2) is 27.4 Å². The van der Waals surface area contributed by atoms with Crippen LogP contribution >= 0.6 is 0 Å². The molecule has 2 rings (SSSR count). The average molecular weight is 275 g/mol. The number of aryl methyl sites for hydroxylation is 2. The van der Waals surface area contributed by atoms with E-state index in [1.54, 1.807) is 12.1 Å². The molecule has 2 aromatic rings. The lowest BCUT2D eigenvalue weighted by Crippen LogP contribution is -1.99. The zero-order valence-corrected chi connectivity index (χ0v) is 11.8. The third-order valence-electron chi connectivity index (χ3n) is 3.57. The third kappa shape index (κ3) is 3.02. The van der Waals surface area contributed by atoms with Crippen molar-refractivity contribution in [3.63, 3.8) is 0 Å². The summed E-state index contributed by atoms with van der Waals surface area (Å²) < 4.78 is 2.14. The van der Waals surface area contributed by atoms with E-state index >= 15 is 0 Å². The fourth-order valence-electron chi connectivity index (χ4n) is 2.48. The molecular weight excluding hydrogens is 254 g/mol. The minimum atomic E-state index is -0.896. The van der Waals surface area contributed by atoms with Gasteiger partial charge in [-0.3, -0.25) is 0 Å². The number of unbranched alkanes of at least 4 members (excludes halogenated alkanes) is 1. The Morgan fingerprint density at radius 3 is 2.75 bits per heavy atom. The Hall–Kier alpha value is -1.81. The Labute approximate surface area is 118 Å². The predicted molar refractivity (Wildman–Crippen MR) is 79.2 cm³/mol. The summed E-state index contributed by atoms with van der Waals surface area (Å²) in [6.45, 7) is 3.21. The van der Waals surface area contributed by atoms with Gasteiger partial charge in [0.1, 0.15) is 0 Å². The number of carboxylic acids is 1. The zero-order chi connectivity index (χ0) is 14.5. The Morgan fingerprint density at radius 2 is 2.10 bits per heavy atom. The number of hydrogen-bond acceptors (Lipinski definition) is 2. The second-order valence-electron chi connectivity index (χ2n) is 5.07. The first-order valence-electron chi connectivity index (χ1n) is 7.13. The van der Waals surface area contributed by atoms with E-state index in [0.29, 0.717) is 5.56 Å². The van der Waals surface area contributed by atoms with Crippen LogP contribution in [0.25, 0.3) is 10.9 Å². The minimum absolute atomic E-state index is 0.175. The van der Waals surface area contributed by atoms with Gasteiger partial charge in [-0.15, -0.1) is 0 Å². The highest BCUT2D eigenvalue weighted by atomic mass is 16.4. The van der Waals surface area contributed by atoms with Gasteiger partial charge in [-0.25, -0.2) is 4.79 Å². The van der Waals surface area contributed by atoms with Crippen molar-refractivity contribution < 1.29 is 15.0 Å². The van der Waals surface area contributed by atoms with Crippen molar-refractivity contribution in [2.24, 2.45) is 0 Å². The highest BCUT2D eigenvalue weighted by molar-refractivity contribution is 5.94. The largest absolute Gasteiger partial charge is 0.478 e. The lowest BCUT2D eigenvalue weighted by molar-refractivity contribution is 0.0697. The molecule has 108 valence electrons. The molecule has 0 atom stereocenters. The lowest BCUT2D eigenvalue weighted by atomic mass is 10.1. The van der Waals surface area contributed by atoms with Crippen LogP contribution in [0.2, 0.25) is 0 Å². The summed E-state index contributed by atoms with van der Waals surface area (Å²) in [6, 6.07) is 5.28. The first kappa shape index (κ1) is 14.6. The molecule has 0 aliphatic heterocycles. The quantitative estimate of drug-likeness (QED) is 0.816. The molecule has 0 aliphatic carbocycles. The van der Waals surface area contributed by atoms with Crippen LogP contribution in [0.1, 0.15) is 42.1 Å². The molecule has 0 saturated heterocycles. The van der Waals surface area contributed by atoms with Gasteiger partial charge in [0.2, 0.25) is 0 Å². The summed E-state index contributed by atoms with van der Waals surface area (Å²) in [6.07, 6.45) is 5.82. The highest BCUT2D eigenvalue weighted by Crippen LogP contribution is 2.24. The normalized spacial score (nSPS) is 11.1. The van der Waals surface area contributed by atoms with Crippen molar-refractivity contribution in [3.8, 4) is 0 Å². The monoisotopic (exact) mass is 275 g/mol. The number of rotatable bonds is 7. The van der Waals surface area contributed by atoms with Crippen LogP contribution in [0.15, 0.2) is 24.4 Å². The minimum Gasteiger partial charge on any atom is -0.478 e. The first-order chi connectivity index (χ1) is 9.67. The summed E-state index contributed by atoms with van der Waals surface area (Å²) in [5.74, 6) is -0.896. The van der Waals surface area contributed by atoms with Gasteiger partial charge in [0.25, 0.3) is 0 Å². The number of benzene rings is 1. The molecule has 20 heavy (non-hydrogen) atoms. The van der Waals surface area contributed by atoms with E-state index in [4.69, 9.17) is 10.2 Å². The van der Waals surface area contributed by atoms with Crippen LogP contribution in [0, 0.1) is 0 Å². The number of fused-ring (bicyclic) bond motifs is 1. The van der Waals surface area contributed by atoms with E-state index in [-0.39, 0.29) is 6.61 Å². The Balaban J connectivity index is 2.45. The van der Waals surface area contributed by atoms with Gasteiger partial charge in [0.05, 0.1) is 5.56 Å². The fourth-order valence-corrected chi connectivity index (χ4v) is 2.48. The molecule has 2 N–H and O–H groups in total. The molecule has 1 aromatic heterocycles. The smallest absolute Gasteiger partial charge is 0.335 e. The SMILES string of the molecule is CCCCn1cc(CCCO)c2ccc(C(=O)O)cc21. The molecule has 1 aromatic carbocycles. The van der Waals surface area contributed by atoms with Crippen molar-refractivity contribution in [1.29, 1.82) is 0 Å². The molecule has 0 aliphatic rings. The van der Waals surface area contributed by atoms with E-state index < -0.39 is 5.97 Å². The first-order valence-corrected chi connectivity index (χ1v) is 7.13. The topological polar surface area (TPSA) is 62.5 Å². The lowest BCUT2D eigenvalue weighted by Gasteiger charge is -2.04. The number of hydrogen-bond donors (Lipinski definition) is 2. The van der Waals surface area contributed by atoms with Crippen LogP contribution in [0.5, 0.6) is 0 Å². The molecule has 0 fully saturated rings. The van der Waals surface area contributed by atoms with E-state index in [2.05, 4.69) is 17.7 Å². The summed E-state index contributed by atoms with van der Waals surface area (Å²) in [5.41, 5.74) is 2.48. The maximum absolute atomic E-state index is 11.1. The van der Waals surface area contributed by atoms with Gasteiger partial charge in [0, 0.05) is 30.3 Å². The number of aliphatic hydroxyl groups is 1. The molecular formula is C16H21NO3. The van der Waals surface area contributed by atoms with E-state index in [1.165, 1.54) is 5.56 Å². The van der Waals surface area contributed by atoms with Gasteiger partial charge in [-0.1, -0.05) is 19.4 Å². The molecule has 0 unspecified atom stereocenters. The third-order valence-corrected chi connectivity index (χ3v) is 3.57. The number of carboxylic acid groups (broad SMARTS) is 1. The van der Waals surface area contributed by atoms with Crippen molar-refractivity contribution in [2.45, 2.75) is 39.2 Å². The van der Waals surface area contributed by atoms with E-state index in [0.717, 1.165) is 43.1 Å². The van der Waals surface area contributed by atoms with Gasteiger partial charge in [0.15, 0.2) is 0 Å². The van der Waals surface area contributed by atoms with Crippen LogP contribution < -0.4 is 0 Å². The van der Waals surface area contributed by atoms with Crippen molar-refractivity contribution in [3.05, 3.63) is 35.5 Å². The molecule has 0 spiro atoms. The Kier molecular flexibility index (Phi) is 4.79. The van der Waals surface area contributed by atoms with Crippen molar-refractivity contribution >= 4 is 16.9 Å². The summed E-state index contributed by atoms with van der Waals surface area (Å²) in [5, 5.41) is 19.2. The average Bonchev–Trinajstić information content (AvgIpc) is 2.80. The fraction of sp³-hybridized carbons (Fsp3) is 0.438. The number of carbonyl (C=O) groups is 1. The number of aromatic nitrogens is 1. The number of aliphatic hydroxyl groups excluding tert-OH is 1. The van der Waals surface area contributed by atoms with Crippen LogP contribution in [-0.2, 0) is 13.0 Å². The molecule has 4 heteroatoms. The second kappa shape index (κ2) is 6.57. The predicted octanol–water partition coefficient (Wildman–Crippen LogP) is 3.06. The van der Waals surface area contributed by atoms with Crippen LogP contribution in [0.3, 0.4) is 0 Å². The number of aromatic carboxylic acids is 1. The molecule has 0 bridgehead atoms. The van der Waals surface area contributed by atoms with Gasteiger partial charge >= 0.3 is 5.97 Å². The molecule has 1 heterocycles. The van der Waals surface area contributed by atoms with Crippen molar-refractivity contribution in [2.75, 3.05) is 6.61 Å². The van der Waals surface area contributed by atoms with Gasteiger partial charge in [-0.2, -0.15) is 0 Å². The second-order valence-corrected chi connectivity index (χ2v) is 5.07. The molecule has 4 nitrogen and oxygen atoms in total. The summed E-state index contributed by atoms with van der Waals surface area (Å²) in [7, 11) is 0.